The number of esters is 1. The maximum atomic E-state index is 12.1. The van der Waals surface area contributed by atoms with Crippen LogP contribution in [-0.2, 0) is 20.9 Å². The fourth-order valence-corrected chi connectivity index (χ4v) is 3.12. The lowest BCUT2D eigenvalue weighted by molar-refractivity contribution is -0.144. The zero-order chi connectivity index (χ0) is 17.4. The molecule has 0 radical (unpaired) electrons. The highest BCUT2D eigenvalue weighted by molar-refractivity contribution is 5.79. The number of nitrogens with one attached hydrogen (secondary N) is 1. The van der Waals surface area contributed by atoms with Gasteiger partial charge in [-0.25, -0.2) is 0 Å². The number of carbonyl (C=O) groups is 2. The summed E-state index contributed by atoms with van der Waals surface area (Å²) in [6.45, 7) is 5.34. The normalized spacial score (nSPS) is 21.2. The van der Waals surface area contributed by atoms with Crippen molar-refractivity contribution in [1.82, 2.24) is 10.2 Å². The fourth-order valence-electron chi connectivity index (χ4n) is 3.12. The third-order valence-electron chi connectivity index (χ3n) is 4.60. The number of nitrogens with zero attached hydrogens (tertiary/aromatic N) is 1. The standard InChI is InChI=1S/C19H28N2O3/c1-15-7-6-8-16(2)21(15)13-18(22)20-12-11-19(23)24-14-17-9-4-3-5-10-17/h3-5,9-10,15-16H,6-8,11-14H2,1-2H3,(H,20,22)/t15-,16+/i1+1,13+1,18+1,20+1/m0/s1. The van der Waals surface area contributed by atoms with E-state index in [9.17, 15) is 9.59 Å². The zero-order valence-electron chi connectivity index (χ0n) is 14.7. The molecule has 2 atom stereocenters. The van der Waals surface area contributed by atoms with Gasteiger partial charge in [0.25, 0.3) is 0 Å². The predicted molar refractivity (Wildman–Crippen MR) is 93.3 cm³/mol. The van der Waals surface area contributed by atoms with Gasteiger partial charge in [-0.3, -0.25) is 14.5 Å². The van der Waals surface area contributed by atoms with Crippen LogP contribution in [0.25, 0.3) is 0 Å². The largest absolute Gasteiger partial charge is 0.461 e. The molecule has 5 nitrogen and oxygen atoms in total. The van der Waals surface area contributed by atoms with E-state index < -0.39 is 0 Å². The topological polar surface area (TPSA) is 58.6 Å². The van der Waals surface area contributed by atoms with E-state index in [1.54, 1.807) is 0 Å². The van der Waals surface area contributed by atoms with E-state index in [2.05, 4.69) is 24.1 Å². The number of rotatable bonds is 7. The molecule has 0 saturated carbocycles. The minimum Gasteiger partial charge on any atom is -0.461 e. The molecule has 1 heterocycles. The molecule has 1 amide bonds. The fraction of sp³-hybridized carbons (Fsp3) is 0.579. The van der Waals surface area contributed by atoms with Gasteiger partial charge in [0.1, 0.15) is 6.61 Å². The quantitative estimate of drug-likeness (QED) is 0.472. The third-order valence-corrected chi connectivity index (χ3v) is 4.60. The smallest absolute Gasteiger partial charge is 0.307 e. The van der Waals surface area contributed by atoms with Crippen molar-refractivity contribution in [1.29, 1.82) is 0 Å². The number of likely N-dealkylation sites (tertiary alicyclic amines) is 1. The number of piperidine rings is 1. The summed E-state index contributed by atoms with van der Waals surface area (Å²) in [7, 11) is 0. The second kappa shape index (κ2) is 9.42. The first-order chi connectivity index (χ1) is 11.6. The average Bonchev–Trinajstić information content (AvgIpc) is 2.57. The Hall–Kier alpha value is -1.88. The predicted octanol–water partition coefficient (Wildman–Crippen LogP) is 2.50. The van der Waals surface area contributed by atoms with Crippen LogP contribution in [-0.4, -0.2) is 41.9 Å². The van der Waals surface area contributed by atoms with Gasteiger partial charge in [-0.15, -0.1) is 0 Å². The molecule has 1 fully saturated rings. The van der Waals surface area contributed by atoms with E-state index in [4.69, 9.17) is 4.74 Å². The van der Waals surface area contributed by atoms with Crippen LogP contribution in [0.1, 0.15) is 45.1 Å². The minimum atomic E-state index is -0.293. The number of hydrogen-bond donors (Lipinski definition) is 1. The van der Waals surface area contributed by atoms with Gasteiger partial charge in [0, 0.05) is 18.6 Å². The van der Waals surface area contributed by atoms with Crippen LogP contribution in [0.2, 0.25) is 0 Å². The van der Waals surface area contributed by atoms with E-state index in [-0.39, 0.29) is 24.9 Å². The summed E-state index contributed by atoms with van der Waals surface area (Å²) >= 11 is 0. The average molecular weight is 336 g/mol. The molecule has 1 aromatic rings. The van der Waals surface area contributed by atoms with E-state index >= 15 is 0 Å². The molecule has 132 valence electrons. The SMILES string of the molecule is C[C@@H]1CCC[C@H]([13CH3])N1[13CH2][13C](=O)[15NH]CCC(=O)OCc1ccccc1. The van der Waals surface area contributed by atoms with Crippen molar-refractivity contribution in [3.8, 4) is 0 Å². The van der Waals surface area contributed by atoms with Crippen molar-refractivity contribution in [2.24, 2.45) is 0 Å². The minimum absolute atomic E-state index is 0.0218. The molecule has 0 spiro atoms. The number of amides is 1. The van der Waals surface area contributed by atoms with Gasteiger partial charge >= 0.3 is 5.97 Å². The van der Waals surface area contributed by atoms with Crippen LogP contribution >= 0.6 is 0 Å². The summed E-state index contributed by atoms with van der Waals surface area (Å²) in [5, 5.41) is 2.82. The van der Waals surface area contributed by atoms with Crippen LogP contribution in [0.4, 0.5) is 0 Å². The maximum absolute atomic E-state index is 12.1. The first-order valence-corrected chi connectivity index (χ1v) is 8.78. The molecule has 24 heavy (non-hydrogen) atoms. The highest BCUT2D eigenvalue weighted by Crippen LogP contribution is 2.21. The highest BCUT2D eigenvalue weighted by Gasteiger charge is 2.26. The van der Waals surface area contributed by atoms with Gasteiger partial charge < -0.3 is 10.1 Å². The van der Waals surface area contributed by atoms with Crippen LogP contribution in [0, 0.1) is 0 Å². The van der Waals surface area contributed by atoms with E-state index in [0.29, 0.717) is 25.2 Å². The lowest BCUT2D eigenvalue weighted by atomic mass is 10.0. The van der Waals surface area contributed by atoms with E-state index in [1.165, 1.54) is 6.42 Å². The lowest BCUT2D eigenvalue weighted by Gasteiger charge is -2.38. The van der Waals surface area contributed by atoms with Crippen molar-refractivity contribution < 1.29 is 14.3 Å². The molecule has 0 aromatic heterocycles. The summed E-state index contributed by atoms with van der Waals surface area (Å²) in [5.41, 5.74) is 0.961. The lowest BCUT2D eigenvalue weighted by Crippen LogP contribution is -2.48. The summed E-state index contributed by atoms with van der Waals surface area (Å²) in [4.78, 5) is 26.0. The molecule has 0 unspecified atom stereocenters. The molecular weight excluding hydrogens is 308 g/mol. The molecule has 2 rings (SSSR count). The van der Waals surface area contributed by atoms with Crippen molar-refractivity contribution in [2.75, 3.05) is 13.1 Å². The molecule has 0 bridgehead atoms. The first-order valence-electron chi connectivity index (χ1n) is 8.78. The summed E-state index contributed by atoms with van der Waals surface area (Å²) in [5.74, 6) is -0.315. The second-order valence-electron chi connectivity index (χ2n) is 6.55. The Labute approximate surface area is 144 Å². The van der Waals surface area contributed by atoms with Gasteiger partial charge in [0.05, 0.1) is 13.0 Å². The van der Waals surface area contributed by atoms with E-state index in [1.807, 2.05) is 30.3 Å². The van der Waals surface area contributed by atoms with Crippen molar-refractivity contribution in [2.45, 2.75) is 58.2 Å². The van der Waals surface area contributed by atoms with Crippen LogP contribution in [0.5, 0.6) is 0 Å². The van der Waals surface area contributed by atoms with Gasteiger partial charge in [-0.05, 0) is 32.3 Å². The summed E-state index contributed by atoms with van der Waals surface area (Å²) < 4.78 is 5.19. The molecule has 0 aliphatic carbocycles. The molecule has 1 aromatic carbocycles. The highest BCUT2D eigenvalue weighted by atomic mass is 16.5. The Morgan fingerprint density at radius 1 is 1.17 bits per heavy atom. The third kappa shape index (κ3) is 5.96. The first kappa shape index (κ1) is 18.5. The molecule has 1 saturated heterocycles. The zero-order valence-corrected chi connectivity index (χ0v) is 14.7. The molecule has 5 heteroatoms. The second-order valence-corrected chi connectivity index (χ2v) is 6.55. The molecule has 1 aliphatic rings. The number of hydrogen-bond acceptors (Lipinski definition) is 4. The number of carbonyl (C=O) groups excluding carboxylic acids is 2. The van der Waals surface area contributed by atoms with Gasteiger partial charge in [-0.2, -0.15) is 0 Å². The van der Waals surface area contributed by atoms with Gasteiger partial charge in [0.2, 0.25) is 5.91 Å². The Kier molecular flexibility index (Phi) is 7.25. The number of benzene rings is 1. The van der Waals surface area contributed by atoms with Gasteiger partial charge in [0.15, 0.2) is 0 Å². The van der Waals surface area contributed by atoms with E-state index in [0.717, 1.165) is 18.4 Å². The monoisotopic (exact) mass is 336 g/mol. The maximum Gasteiger partial charge on any atom is 0.307 e. The Balaban J connectivity index is 1.62. The van der Waals surface area contributed by atoms with Crippen molar-refractivity contribution in [3.05, 3.63) is 35.9 Å². The number of ether oxygens (including phenoxy) is 1. The van der Waals surface area contributed by atoms with Crippen molar-refractivity contribution >= 4 is 11.9 Å². The Bertz CT molecular complexity index is 523. The Morgan fingerprint density at radius 2 is 1.83 bits per heavy atom. The van der Waals surface area contributed by atoms with Crippen LogP contribution in [0.3, 0.4) is 0 Å². The van der Waals surface area contributed by atoms with Crippen molar-refractivity contribution in [3.63, 3.8) is 0 Å². The summed E-state index contributed by atoms with van der Waals surface area (Å²) in [6, 6.07) is 10.4. The molecular formula is C19H28N2O3. The summed E-state index contributed by atoms with van der Waals surface area (Å²) in [6.07, 6.45) is 3.71. The van der Waals surface area contributed by atoms with Crippen LogP contribution < -0.4 is 5.32 Å². The molecule has 1 N–H and O–H groups in total. The van der Waals surface area contributed by atoms with Gasteiger partial charge in [-0.1, -0.05) is 36.8 Å². The van der Waals surface area contributed by atoms with Crippen LogP contribution in [0.15, 0.2) is 30.3 Å². The molecule has 1 aliphatic heterocycles. The Morgan fingerprint density at radius 3 is 2.50 bits per heavy atom.